The molecule has 0 amide bonds. The molecule has 0 aliphatic carbocycles. The Morgan fingerprint density at radius 3 is 1.86 bits per heavy atom. The minimum absolute atomic E-state index is 0.0294. The minimum Gasteiger partial charge on any atom is -0.392 e. The number of hydrogen-bond acceptors (Lipinski definition) is 1. The van der Waals surface area contributed by atoms with Crippen LogP contribution in [0.15, 0.2) is 164 Å². The zero-order valence-corrected chi connectivity index (χ0v) is 38.3. The summed E-state index contributed by atoms with van der Waals surface area (Å²) >= 11 is 0. The van der Waals surface area contributed by atoms with E-state index in [0.29, 0.717) is 5.56 Å². The van der Waals surface area contributed by atoms with Gasteiger partial charge in [-0.15, -0.1) is 9.13 Å². The molecule has 9 aromatic rings. The van der Waals surface area contributed by atoms with Crippen LogP contribution < -0.4 is 13.9 Å². The lowest BCUT2D eigenvalue weighted by atomic mass is 9.80. The Labute approximate surface area is 402 Å². The summed E-state index contributed by atoms with van der Waals surface area (Å²) < 4.78 is 89.8. The summed E-state index contributed by atoms with van der Waals surface area (Å²) in [5.74, 6) is 0.417. The summed E-state index contributed by atoms with van der Waals surface area (Å²) in [7, 11) is 0. The average Bonchev–Trinajstić information content (AvgIpc) is 3.96. The molecule has 7 aromatic carbocycles. The van der Waals surface area contributed by atoms with Gasteiger partial charge in [0.1, 0.15) is 22.6 Å². The molecule has 1 atom stereocenters. The molecule has 0 radical (unpaired) electrons. The van der Waals surface area contributed by atoms with Crippen LogP contribution >= 0.6 is 0 Å². The molecule has 0 saturated heterocycles. The molecule has 0 saturated carbocycles. The number of ether oxygens (including phenoxy) is 1. The molecule has 2 aromatic heterocycles. The van der Waals surface area contributed by atoms with Crippen LogP contribution in [0.4, 0.5) is 0 Å². The van der Waals surface area contributed by atoms with E-state index in [1.54, 1.807) is 12.1 Å². The van der Waals surface area contributed by atoms with Crippen LogP contribution in [-0.4, -0.2) is 4.57 Å². The maximum Gasteiger partial charge on any atom is 0.499 e. The van der Waals surface area contributed by atoms with Gasteiger partial charge >= 0.3 is 11.7 Å². The van der Waals surface area contributed by atoms with Gasteiger partial charge in [0.25, 0.3) is 0 Å². The molecule has 1 unspecified atom stereocenters. The molecule has 0 N–H and O–H groups in total. The first-order chi connectivity index (χ1) is 35.3. The Hall–Kier alpha value is -7.04. The number of para-hydroxylation sites is 2. The monoisotopic (exact) mass is 869 g/mol. The molecule has 324 valence electrons. The first-order valence-corrected chi connectivity index (χ1v) is 22.8. The Kier molecular flexibility index (Phi) is 6.62. The summed E-state index contributed by atoms with van der Waals surface area (Å²) in [6.45, 7) is 5.46. The first-order valence-electron chi connectivity index (χ1n) is 27.3. The first kappa shape index (κ1) is 31.8. The van der Waals surface area contributed by atoms with Gasteiger partial charge in [-0.2, -0.15) is 4.57 Å². The van der Waals surface area contributed by atoms with Crippen molar-refractivity contribution in [2.45, 2.75) is 91.1 Å². The Balaban J connectivity index is 1.15. The summed E-state index contributed by atoms with van der Waals surface area (Å²) in [4.78, 5) is 0. The summed E-state index contributed by atoms with van der Waals surface area (Å²) in [5.41, 5.74) is 14.7. The number of benzene rings is 7. The highest BCUT2D eigenvalue weighted by Gasteiger charge is 2.68. The van der Waals surface area contributed by atoms with Crippen molar-refractivity contribution in [1.82, 2.24) is 4.57 Å². The SMILES string of the molecule is [2H]C([2H])([2H])C(c1ccc(-c2cc[n+]3c(c2)-c2cc(C(C)(C)C)cc4c2C32Oc3ccccc3-c3n(-c5cc(C)c(-c6ccccc6)cc5-c5ccc(C(C)(C)C)cc5)c5cccc-4c5[n+]32)cc1)(C([2H])([2H])[2H])C([2H])([2H])[2H]. The van der Waals surface area contributed by atoms with E-state index < -0.39 is 31.8 Å². The third-order valence-corrected chi connectivity index (χ3v) is 14.1. The molecule has 4 heteroatoms. The van der Waals surface area contributed by atoms with Crippen LogP contribution in [0.25, 0.3) is 83.9 Å². The highest BCUT2D eigenvalue weighted by molar-refractivity contribution is 5.99. The minimum atomic E-state index is -3.37. The molecular weight excluding hydrogens is 803 g/mol. The Morgan fingerprint density at radius 1 is 0.515 bits per heavy atom. The molecule has 0 fully saturated rings. The Bertz CT molecular complexity index is 3800. The van der Waals surface area contributed by atoms with Crippen molar-refractivity contribution in [1.29, 1.82) is 0 Å². The highest BCUT2D eigenvalue weighted by Crippen LogP contribution is 2.55. The fourth-order valence-corrected chi connectivity index (χ4v) is 10.7. The second kappa shape index (κ2) is 13.7. The normalized spacial score (nSPS) is 18.2. The standard InChI is InChI=1S/C62H57N3O/c1-38-33-54(49(37-48(38)40-17-12-11-13-18-40)41-25-29-44(30-26-41)60(5,6)7)64-52-21-16-20-46-50-35-45(61(8,9)10)36-51-53-34-42(39-23-27-43(28-24-39)59(2,3)4)31-32-63(53)62(56(50)51)65(57(46)52)58(64)47-19-14-15-22-55(47)66-62/h11-37H,1-10H3/q+2/i2D3,3D3,4D3. The van der Waals surface area contributed by atoms with Crippen molar-refractivity contribution in [3.63, 3.8) is 0 Å². The van der Waals surface area contributed by atoms with E-state index in [2.05, 4.69) is 183 Å². The second-order valence-corrected chi connectivity index (χ2v) is 20.4. The summed E-state index contributed by atoms with van der Waals surface area (Å²) in [6.07, 6.45) is 2.04. The van der Waals surface area contributed by atoms with Crippen LogP contribution in [0.3, 0.4) is 0 Å². The van der Waals surface area contributed by atoms with E-state index in [1.165, 1.54) is 17.7 Å². The van der Waals surface area contributed by atoms with E-state index in [4.69, 9.17) is 17.1 Å². The van der Waals surface area contributed by atoms with E-state index in [9.17, 15) is 0 Å². The Morgan fingerprint density at radius 2 is 1.15 bits per heavy atom. The molecular formula is C62H57N3O+2. The number of aryl methyl sites for hydroxylation is 1. The van der Waals surface area contributed by atoms with E-state index >= 15 is 0 Å². The third-order valence-electron chi connectivity index (χ3n) is 14.1. The number of fused-ring (bicyclic) bond motifs is 5. The molecule has 4 nitrogen and oxygen atoms in total. The van der Waals surface area contributed by atoms with Crippen LogP contribution in [0.2, 0.25) is 0 Å². The quantitative estimate of drug-likeness (QED) is 0.162. The fourth-order valence-electron chi connectivity index (χ4n) is 10.7. The van der Waals surface area contributed by atoms with Crippen LogP contribution in [0, 0.1) is 6.92 Å². The van der Waals surface area contributed by atoms with Gasteiger partial charge in [0.15, 0.2) is 17.2 Å². The number of aromatic nitrogens is 3. The van der Waals surface area contributed by atoms with Gasteiger partial charge in [0.05, 0.1) is 5.56 Å². The third kappa shape index (κ3) is 5.76. The zero-order valence-electron chi connectivity index (χ0n) is 47.3. The van der Waals surface area contributed by atoms with Crippen LogP contribution in [-0.2, 0) is 22.1 Å². The predicted molar refractivity (Wildman–Crippen MR) is 270 cm³/mol. The van der Waals surface area contributed by atoms with E-state index in [1.807, 2.05) is 18.3 Å². The van der Waals surface area contributed by atoms with Gasteiger partial charge in [-0.05, 0) is 122 Å². The van der Waals surface area contributed by atoms with Crippen molar-refractivity contribution in [2.24, 2.45) is 0 Å². The maximum absolute atomic E-state index is 8.34. The molecule has 12 rings (SSSR count). The highest BCUT2D eigenvalue weighted by atomic mass is 16.5. The number of hydrogen-bond donors (Lipinski definition) is 0. The van der Waals surface area contributed by atoms with Crippen LogP contribution in [0.5, 0.6) is 5.75 Å². The largest absolute Gasteiger partial charge is 0.499 e. The summed E-state index contributed by atoms with van der Waals surface area (Å²) in [6, 6.07) is 53.8. The lowest BCUT2D eigenvalue weighted by Crippen LogP contribution is -2.78. The molecule has 5 heterocycles. The number of pyridine rings is 1. The predicted octanol–water partition coefficient (Wildman–Crippen LogP) is 14.6. The molecule has 3 aliphatic rings. The number of rotatable bonds is 4. The number of nitrogens with zero attached hydrogens (tertiary/aromatic N) is 3. The summed E-state index contributed by atoms with van der Waals surface area (Å²) in [5, 5.41) is 0. The van der Waals surface area contributed by atoms with E-state index in [-0.39, 0.29) is 16.4 Å². The van der Waals surface area contributed by atoms with Crippen molar-refractivity contribution in [3.05, 3.63) is 192 Å². The number of imidazole rings is 1. The fraction of sp³-hybridized carbons (Fsp3) is 0.226. The van der Waals surface area contributed by atoms with Gasteiger partial charge in [-0.25, -0.2) is 0 Å². The van der Waals surface area contributed by atoms with Gasteiger partial charge in [0, 0.05) is 41.2 Å². The molecule has 0 bridgehead atoms. The van der Waals surface area contributed by atoms with Gasteiger partial charge in [-0.3, -0.25) is 0 Å². The van der Waals surface area contributed by atoms with Gasteiger partial charge < -0.3 is 4.74 Å². The lowest BCUT2D eigenvalue weighted by molar-refractivity contribution is -0.997. The maximum atomic E-state index is 8.34. The second-order valence-electron chi connectivity index (χ2n) is 20.4. The van der Waals surface area contributed by atoms with Crippen molar-refractivity contribution >= 4 is 11.0 Å². The molecule has 66 heavy (non-hydrogen) atoms. The molecule has 3 aliphatic heterocycles. The van der Waals surface area contributed by atoms with Crippen molar-refractivity contribution in [2.75, 3.05) is 0 Å². The van der Waals surface area contributed by atoms with Crippen LogP contribution in [0.1, 0.15) is 102 Å². The smallest absolute Gasteiger partial charge is 0.392 e. The van der Waals surface area contributed by atoms with Gasteiger partial charge in [0.2, 0.25) is 5.69 Å². The van der Waals surface area contributed by atoms with Crippen molar-refractivity contribution in [3.8, 4) is 78.6 Å². The van der Waals surface area contributed by atoms with E-state index in [0.717, 1.165) is 101 Å². The zero-order chi connectivity index (χ0) is 53.2. The topological polar surface area (TPSA) is 21.9 Å². The van der Waals surface area contributed by atoms with Crippen molar-refractivity contribution < 1.29 is 26.2 Å². The van der Waals surface area contributed by atoms with Gasteiger partial charge in [-0.1, -0.05) is 159 Å². The lowest BCUT2D eigenvalue weighted by Gasteiger charge is -2.33. The molecule has 1 spiro atoms. The average molecular weight is 869 g/mol.